The number of nitrogens with two attached hydrogens (primary N) is 1. The number of hydrogen-bond donors (Lipinski definition) is 9. The van der Waals surface area contributed by atoms with Crippen LogP contribution in [0, 0.1) is 11.8 Å². The van der Waals surface area contributed by atoms with Gasteiger partial charge in [-0.15, -0.1) is 0 Å². The third-order valence-electron chi connectivity index (χ3n) is 12.3. The Morgan fingerprint density at radius 2 is 0.975 bits per heavy atom. The van der Waals surface area contributed by atoms with Gasteiger partial charge in [0.15, 0.2) is 0 Å². The second-order valence-electron chi connectivity index (χ2n) is 19.5. The van der Waals surface area contributed by atoms with Crippen molar-refractivity contribution in [1.29, 1.82) is 0 Å². The van der Waals surface area contributed by atoms with E-state index in [0.717, 1.165) is 38.5 Å². The molecular formula is C55H99N5O18S. The van der Waals surface area contributed by atoms with Crippen molar-refractivity contribution in [3.05, 3.63) is 0 Å². The Morgan fingerprint density at radius 1 is 0.519 bits per heavy atom. The third-order valence-corrected chi connectivity index (χ3v) is 13.4. The summed E-state index contributed by atoms with van der Waals surface area (Å²) in [5.74, 6) is -5.89. The maximum absolute atomic E-state index is 12.4. The largest absolute Gasteiger partial charge is 0.481 e. The fourth-order valence-electron chi connectivity index (χ4n) is 7.32. The van der Waals surface area contributed by atoms with Crippen LogP contribution >= 0.6 is 11.8 Å². The molecule has 0 aromatic heterocycles. The molecule has 79 heavy (non-hydrogen) atoms. The molecule has 0 radical (unpaired) electrons. The zero-order chi connectivity index (χ0) is 59.3. The van der Waals surface area contributed by atoms with E-state index in [2.05, 4.69) is 21.3 Å². The highest BCUT2D eigenvalue weighted by atomic mass is 32.2. The van der Waals surface area contributed by atoms with Gasteiger partial charge in [-0.1, -0.05) is 96.8 Å². The average molecular weight is 1150 g/mol. The van der Waals surface area contributed by atoms with Gasteiger partial charge in [-0.25, -0.2) is 4.79 Å². The SMILES string of the molecule is CC(=O)[C@H](C)N.CC[C@@H](CSCC(=O)NCCNC(=O)COCCOCCNC(=O)COCCOCCCC(=O)CC[C@H](NC(=O)CCCCCCCCCCCCCCCCCCC(=O)O)C(=O)O)C(=O)C[C@@H](CO)C(=O)O. The van der Waals surface area contributed by atoms with Crippen LogP contribution in [0.4, 0.5) is 0 Å². The predicted octanol–water partition coefficient (Wildman–Crippen LogP) is 4.54. The first-order valence-corrected chi connectivity index (χ1v) is 29.6. The van der Waals surface area contributed by atoms with Gasteiger partial charge >= 0.3 is 17.9 Å². The number of unbranched alkanes of at least 4 members (excludes halogenated alkanes) is 15. The van der Waals surface area contributed by atoms with Crippen LogP contribution in [0.5, 0.6) is 0 Å². The van der Waals surface area contributed by atoms with E-state index in [-0.39, 0.29) is 164 Å². The van der Waals surface area contributed by atoms with Crippen molar-refractivity contribution >= 4 is 70.6 Å². The monoisotopic (exact) mass is 1150 g/mol. The molecule has 0 aromatic carbocycles. The van der Waals surface area contributed by atoms with Crippen LogP contribution < -0.4 is 27.0 Å². The smallest absolute Gasteiger partial charge is 0.326 e. The summed E-state index contributed by atoms with van der Waals surface area (Å²) in [6.45, 7) is 5.76. The number of ketones is 3. The van der Waals surface area contributed by atoms with E-state index in [9.17, 15) is 53.1 Å². The Morgan fingerprint density at radius 3 is 1.43 bits per heavy atom. The molecule has 10 N–H and O–H groups in total. The molecule has 0 unspecified atom stereocenters. The standard InChI is InChI=1S/C51H90N4O17S.C4H9NO/c1-2-40(44(58)34-41(35-56)50(65)66)38-73-39-48(62)53-26-25-52-46(60)36-72-33-31-70-29-27-54-47(61)37-71-32-30-69-28-19-20-42(57)23-24-43(51(67)68)55-45(59)21-17-15-13-11-9-7-5-3-4-6-8-10-12-14-16-18-22-49(63)64;1-3(5)4(2)6/h40-41,43,56H,2-39H2,1H3,(H,52,60)(H,53,62)(H,54,61)(H,55,59)(H,63,64)(H,65,66)(H,67,68);3H,5H2,1-2H3/t40-,41-,43-;3-/m00/s1. The van der Waals surface area contributed by atoms with Gasteiger partial charge in [0.2, 0.25) is 23.6 Å². The summed E-state index contributed by atoms with van der Waals surface area (Å²) in [7, 11) is 0. The number of carboxylic acid groups (broad SMARTS) is 3. The minimum absolute atomic E-state index is 0.0216. The van der Waals surface area contributed by atoms with Gasteiger partial charge in [-0.2, -0.15) is 11.8 Å². The van der Waals surface area contributed by atoms with Crippen molar-refractivity contribution in [3.63, 3.8) is 0 Å². The number of carboxylic acids is 3. The number of aliphatic carboxylic acids is 3. The topological polar surface area (TPSA) is 363 Å². The Hall–Kier alpha value is -4.59. The predicted molar refractivity (Wildman–Crippen MR) is 299 cm³/mol. The molecule has 4 atom stereocenters. The molecule has 0 heterocycles. The normalized spacial score (nSPS) is 12.5. The second kappa shape index (κ2) is 54.0. The number of hydrogen-bond acceptors (Lipinski definition) is 17. The molecule has 0 bridgehead atoms. The molecule has 0 aliphatic heterocycles. The third kappa shape index (κ3) is 52.5. The molecule has 0 aliphatic rings. The van der Waals surface area contributed by atoms with Gasteiger partial charge in [-0.05, 0) is 46.0 Å². The summed E-state index contributed by atoms with van der Waals surface area (Å²) >= 11 is 1.25. The number of amides is 4. The van der Waals surface area contributed by atoms with Gasteiger partial charge in [0.25, 0.3) is 0 Å². The fourth-order valence-corrected chi connectivity index (χ4v) is 8.43. The number of aliphatic hydroxyl groups is 1. The lowest BCUT2D eigenvalue weighted by molar-refractivity contribution is -0.145. The number of rotatable bonds is 55. The molecular weight excluding hydrogens is 1050 g/mol. The zero-order valence-corrected chi connectivity index (χ0v) is 48.5. The van der Waals surface area contributed by atoms with Crippen LogP contribution in [0.15, 0.2) is 0 Å². The summed E-state index contributed by atoms with van der Waals surface area (Å²) in [6, 6.07) is -1.40. The van der Waals surface area contributed by atoms with E-state index in [1.807, 2.05) is 0 Å². The molecule has 0 saturated heterocycles. The number of carbonyl (C=O) groups is 10. The van der Waals surface area contributed by atoms with Crippen LogP contribution in [0.2, 0.25) is 0 Å². The summed E-state index contributed by atoms with van der Waals surface area (Å²) < 4.78 is 21.4. The molecule has 0 spiro atoms. The lowest BCUT2D eigenvalue weighted by Crippen LogP contribution is -2.41. The van der Waals surface area contributed by atoms with Gasteiger partial charge in [0.05, 0.1) is 57.4 Å². The Kier molecular flexibility index (Phi) is 52.3. The highest BCUT2D eigenvalue weighted by Gasteiger charge is 2.25. The second-order valence-corrected chi connectivity index (χ2v) is 20.5. The van der Waals surface area contributed by atoms with Crippen molar-refractivity contribution in [2.45, 2.75) is 187 Å². The van der Waals surface area contributed by atoms with Crippen LogP contribution in [0.25, 0.3) is 0 Å². The number of carbonyl (C=O) groups excluding carboxylic acids is 7. The minimum Gasteiger partial charge on any atom is -0.481 e. The molecule has 0 aliphatic carbocycles. The van der Waals surface area contributed by atoms with E-state index >= 15 is 0 Å². The van der Waals surface area contributed by atoms with Crippen molar-refractivity contribution < 1.29 is 87.3 Å². The first-order valence-electron chi connectivity index (χ1n) is 28.4. The Balaban J connectivity index is 0. The highest BCUT2D eigenvalue weighted by Crippen LogP contribution is 2.18. The first kappa shape index (κ1) is 76.5. The van der Waals surface area contributed by atoms with Crippen LogP contribution in [-0.2, 0) is 66.9 Å². The van der Waals surface area contributed by atoms with Crippen LogP contribution in [0.1, 0.15) is 175 Å². The van der Waals surface area contributed by atoms with Crippen LogP contribution in [0.3, 0.4) is 0 Å². The summed E-state index contributed by atoms with van der Waals surface area (Å²) in [6.07, 6.45) is 19.2. The molecule has 24 heteroatoms. The zero-order valence-electron chi connectivity index (χ0n) is 47.7. The summed E-state index contributed by atoms with van der Waals surface area (Å²) in [5, 5.41) is 46.9. The average Bonchev–Trinajstić information content (AvgIpc) is 3.40. The van der Waals surface area contributed by atoms with E-state index < -0.39 is 42.4 Å². The fraction of sp³-hybridized carbons (Fsp3) is 0.818. The molecule has 0 rings (SSSR count). The van der Waals surface area contributed by atoms with Crippen molar-refractivity contribution in [2.24, 2.45) is 17.6 Å². The van der Waals surface area contributed by atoms with Gasteiger partial charge < -0.3 is 66.4 Å². The maximum atomic E-state index is 12.4. The number of ether oxygens (including phenoxy) is 4. The molecule has 0 fully saturated rings. The molecule has 0 saturated carbocycles. The van der Waals surface area contributed by atoms with Crippen molar-refractivity contribution in [2.75, 3.05) is 90.6 Å². The van der Waals surface area contributed by atoms with E-state index in [0.29, 0.717) is 25.0 Å². The first-order chi connectivity index (χ1) is 37.8. The van der Waals surface area contributed by atoms with Crippen LogP contribution in [-0.4, -0.2) is 182 Å². The lowest BCUT2D eigenvalue weighted by atomic mass is 9.94. The molecule has 23 nitrogen and oxygen atoms in total. The molecule has 458 valence electrons. The number of Topliss-reactive ketones (excluding diaryl/α,β-unsaturated/α-hetero) is 3. The number of thioether (sulfide) groups is 1. The Bertz CT molecular complexity index is 1690. The quantitative estimate of drug-likeness (QED) is 0.0377. The van der Waals surface area contributed by atoms with E-state index in [4.69, 9.17) is 40.0 Å². The van der Waals surface area contributed by atoms with Gasteiger partial charge in [0.1, 0.15) is 36.6 Å². The number of aliphatic hydroxyl groups excluding tert-OH is 1. The number of nitrogens with one attached hydrogen (secondary N) is 4. The van der Waals surface area contributed by atoms with Crippen molar-refractivity contribution in [3.8, 4) is 0 Å². The minimum atomic E-state index is -1.23. The lowest BCUT2D eigenvalue weighted by Gasteiger charge is -2.15. The van der Waals surface area contributed by atoms with Gasteiger partial charge in [-0.3, -0.25) is 43.2 Å². The maximum Gasteiger partial charge on any atom is 0.326 e. The summed E-state index contributed by atoms with van der Waals surface area (Å²) in [5.41, 5.74) is 5.09. The molecule has 0 aromatic rings. The summed E-state index contributed by atoms with van der Waals surface area (Å²) in [4.78, 5) is 116. The molecule has 4 amide bonds. The van der Waals surface area contributed by atoms with E-state index in [1.165, 1.54) is 76.5 Å². The Labute approximate surface area is 472 Å². The van der Waals surface area contributed by atoms with Gasteiger partial charge in [0, 0.05) is 70.0 Å². The van der Waals surface area contributed by atoms with E-state index in [1.54, 1.807) is 13.8 Å². The highest BCUT2D eigenvalue weighted by molar-refractivity contribution is 7.99. The van der Waals surface area contributed by atoms with Crippen molar-refractivity contribution in [1.82, 2.24) is 21.3 Å².